The first-order chi connectivity index (χ1) is 9.63. The normalized spacial score (nSPS) is 18.8. The van der Waals surface area contributed by atoms with Crippen molar-refractivity contribution in [3.8, 4) is 5.75 Å². The lowest BCUT2D eigenvalue weighted by Crippen LogP contribution is -2.27. The van der Waals surface area contributed by atoms with Crippen LogP contribution in [-0.2, 0) is 4.79 Å². The average Bonchev–Trinajstić information content (AvgIpc) is 2.94. The van der Waals surface area contributed by atoms with Crippen molar-refractivity contribution in [1.29, 1.82) is 0 Å². The Balaban J connectivity index is 2.06. The molecule has 0 radical (unpaired) electrons. The fourth-order valence-electron chi connectivity index (χ4n) is 2.43. The molecule has 1 saturated heterocycles. The van der Waals surface area contributed by atoms with Gasteiger partial charge in [-0.15, -0.1) is 0 Å². The van der Waals surface area contributed by atoms with E-state index < -0.39 is 0 Å². The Kier molecular flexibility index (Phi) is 4.79. The van der Waals surface area contributed by atoms with E-state index in [1.165, 1.54) is 0 Å². The highest BCUT2D eigenvalue weighted by molar-refractivity contribution is 5.92. The van der Waals surface area contributed by atoms with Gasteiger partial charge in [-0.2, -0.15) is 0 Å². The summed E-state index contributed by atoms with van der Waals surface area (Å²) in [6.45, 7) is 3.52. The van der Waals surface area contributed by atoms with Gasteiger partial charge in [0, 0.05) is 37.3 Å². The predicted molar refractivity (Wildman–Crippen MR) is 78.5 cm³/mol. The lowest BCUT2D eigenvalue weighted by atomic mass is 10.1. The van der Waals surface area contributed by atoms with Gasteiger partial charge >= 0.3 is 0 Å². The molecule has 0 spiro atoms. The van der Waals surface area contributed by atoms with Gasteiger partial charge in [-0.25, -0.2) is 0 Å². The van der Waals surface area contributed by atoms with Crippen LogP contribution in [0, 0.1) is 12.8 Å². The molecule has 4 heteroatoms. The number of aliphatic hydroxyl groups is 1. The molecule has 2 rings (SSSR count). The molecule has 1 unspecified atom stereocenters. The van der Waals surface area contributed by atoms with Gasteiger partial charge in [-0.1, -0.05) is 11.6 Å². The zero-order valence-corrected chi connectivity index (χ0v) is 12.0. The molecule has 4 nitrogen and oxygen atoms in total. The second-order valence-electron chi connectivity index (χ2n) is 5.20. The van der Waals surface area contributed by atoms with Crippen LogP contribution < -0.4 is 4.74 Å². The van der Waals surface area contributed by atoms with E-state index in [1.807, 2.05) is 25.1 Å². The molecule has 1 aromatic carbocycles. The summed E-state index contributed by atoms with van der Waals surface area (Å²) in [5, 5.41) is 9.10. The number of ether oxygens (including phenoxy) is 1. The van der Waals surface area contributed by atoms with Gasteiger partial charge in [-0.05, 0) is 31.6 Å². The quantitative estimate of drug-likeness (QED) is 0.853. The topological polar surface area (TPSA) is 49.8 Å². The molecule has 20 heavy (non-hydrogen) atoms. The summed E-state index contributed by atoms with van der Waals surface area (Å²) in [6, 6.07) is 5.87. The van der Waals surface area contributed by atoms with E-state index in [0.717, 1.165) is 29.8 Å². The Hall–Kier alpha value is -1.81. The molecule has 0 aromatic heterocycles. The minimum atomic E-state index is -0.00971. The summed E-state index contributed by atoms with van der Waals surface area (Å²) < 4.78 is 5.28. The second-order valence-corrected chi connectivity index (χ2v) is 5.20. The highest BCUT2D eigenvalue weighted by Crippen LogP contribution is 2.21. The summed E-state index contributed by atoms with van der Waals surface area (Å²) in [5.74, 6) is 0.972. The minimum absolute atomic E-state index is 0.00971. The Morgan fingerprint density at radius 3 is 3.00 bits per heavy atom. The van der Waals surface area contributed by atoms with Crippen LogP contribution in [0.3, 0.4) is 0 Å². The maximum absolute atomic E-state index is 12.1. The smallest absolute Gasteiger partial charge is 0.246 e. The molecular weight excluding hydrogens is 254 g/mol. The molecular formula is C16H21NO3. The maximum atomic E-state index is 12.1. The number of benzene rings is 1. The molecule has 1 N–H and O–H groups in total. The van der Waals surface area contributed by atoms with Crippen LogP contribution >= 0.6 is 0 Å². The Morgan fingerprint density at radius 1 is 1.55 bits per heavy atom. The lowest BCUT2D eigenvalue weighted by Gasteiger charge is -2.13. The van der Waals surface area contributed by atoms with Crippen molar-refractivity contribution >= 4 is 12.0 Å². The van der Waals surface area contributed by atoms with E-state index in [2.05, 4.69) is 0 Å². The van der Waals surface area contributed by atoms with Crippen molar-refractivity contribution in [2.24, 2.45) is 5.92 Å². The van der Waals surface area contributed by atoms with E-state index in [9.17, 15) is 4.79 Å². The van der Waals surface area contributed by atoms with Gasteiger partial charge in [0.15, 0.2) is 0 Å². The van der Waals surface area contributed by atoms with Crippen molar-refractivity contribution < 1.29 is 14.6 Å². The highest BCUT2D eigenvalue weighted by Gasteiger charge is 2.24. The number of aryl methyl sites for hydroxylation is 1. The molecule has 1 amide bonds. The van der Waals surface area contributed by atoms with Gasteiger partial charge < -0.3 is 14.7 Å². The van der Waals surface area contributed by atoms with Gasteiger partial charge in [0.1, 0.15) is 5.75 Å². The molecule has 1 atom stereocenters. The molecule has 1 aliphatic heterocycles. The van der Waals surface area contributed by atoms with Gasteiger partial charge in [-0.3, -0.25) is 4.79 Å². The van der Waals surface area contributed by atoms with Crippen LogP contribution in [-0.4, -0.2) is 42.7 Å². The first-order valence-corrected chi connectivity index (χ1v) is 6.86. The number of hydrogen-bond acceptors (Lipinski definition) is 3. The van der Waals surface area contributed by atoms with Gasteiger partial charge in [0.25, 0.3) is 0 Å². The maximum Gasteiger partial charge on any atom is 0.246 e. The Bertz CT molecular complexity index is 510. The average molecular weight is 275 g/mol. The number of amides is 1. The number of methoxy groups -OCH3 is 1. The second kappa shape index (κ2) is 6.57. The van der Waals surface area contributed by atoms with E-state index >= 15 is 0 Å². The Labute approximate surface area is 119 Å². The van der Waals surface area contributed by atoms with E-state index in [4.69, 9.17) is 9.84 Å². The third kappa shape index (κ3) is 3.39. The molecule has 0 bridgehead atoms. The van der Waals surface area contributed by atoms with Crippen LogP contribution in [0.15, 0.2) is 24.3 Å². The number of likely N-dealkylation sites (tertiary alicyclic amines) is 1. The molecule has 1 aliphatic rings. The van der Waals surface area contributed by atoms with Crippen molar-refractivity contribution in [2.45, 2.75) is 13.3 Å². The number of rotatable bonds is 4. The van der Waals surface area contributed by atoms with E-state index in [0.29, 0.717) is 6.54 Å². The summed E-state index contributed by atoms with van der Waals surface area (Å²) >= 11 is 0. The summed E-state index contributed by atoms with van der Waals surface area (Å²) in [6.07, 6.45) is 4.25. The molecule has 108 valence electrons. The first-order valence-electron chi connectivity index (χ1n) is 6.86. The fourth-order valence-corrected chi connectivity index (χ4v) is 2.43. The van der Waals surface area contributed by atoms with Crippen LogP contribution in [0.25, 0.3) is 6.08 Å². The zero-order chi connectivity index (χ0) is 14.5. The number of carbonyl (C=O) groups excluding carboxylic acids is 1. The lowest BCUT2D eigenvalue weighted by molar-refractivity contribution is -0.125. The molecule has 0 saturated carbocycles. The molecule has 1 fully saturated rings. The van der Waals surface area contributed by atoms with E-state index in [-0.39, 0.29) is 18.4 Å². The predicted octanol–water partition coefficient (Wildman–Crippen LogP) is 1.86. The third-order valence-corrected chi connectivity index (χ3v) is 3.65. The highest BCUT2D eigenvalue weighted by atomic mass is 16.5. The number of aliphatic hydroxyl groups excluding tert-OH is 1. The molecule has 0 aliphatic carbocycles. The van der Waals surface area contributed by atoms with Crippen LogP contribution in [0.2, 0.25) is 0 Å². The van der Waals surface area contributed by atoms with Crippen LogP contribution in [0.1, 0.15) is 17.5 Å². The van der Waals surface area contributed by atoms with Crippen molar-refractivity contribution in [1.82, 2.24) is 4.90 Å². The van der Waals surface area contributed by atoms with Crippen LogP contribution in [0.5, 0.6) is 5.75 Å². The first kappa shape index (κ1) is 14.6. The summed E-state index contributed by atoms with van der Waals surface area (Å²) in [4.78, 5) is 13.9. The monoisotopic (exact) mass is 275 g/mol. The van der Waals surface area contributed by atoms with E-state index in [1.54, 1.807) is 24.2 Å². The van der Waals surface area contributed by atoms with Crippen molar-refractivity contribution in [3.63, 3.8) is 0 Å². The zero-order valence-electron chi connectivity index (χ0n) is 12.0. The Morgan fingerprint density at radius 2 is 2.35 bits per heavy atom. The fraction of sp³-hybridized carbons (Fsp3) is 0.438. The largest absolute Gasteiger partial charge is 0.496 e. The number of nitrogens with zero attached hydrogens (tertiary/aromatic N) is 1. The number of carbonyl (C=O) groups is 1. The summed E-state index contributed by atoms with van der Waals surface area (Å²) in [5.41, 5.74) is 2.03. The minimum Gasteiger partial charge on any atom is -0.496 e. The van der Waals surface area contributed by atoms with Gasteiger partial charge in [0.05, 0.1) is 7.11 Å². The summed E-state index contributed by atoms with van der Waals surface area (Å²) in [7, 11) is 1.62. The number of hydrogen-bond donors (Lipinski definition) is 1. The van der Waals surface area contributed by atoms with Crippen LogP contribution in [0.4, 0.5) is 0 Å². The standard InChI is InChI=1S/C16H21NO3/c1-12-3-5-15(20-2)14(9-12)4-6-16(19)17-8-7-13(10-17)11-18/h3-6,9,13,18H,7-8,10-11H2,1-2H3. The molecule has 1 aromatic rings. The SMILES string of the molecule is COc1ccc(C)cc1C=CC(=O)N1CCC(CO)C1. The van der Waals surface area contributed by atoms with Crippen molar-refractivity contribution in [3.05, 3.63) is 35.4 Å². The van der Waals surface area contributed by atoms with Gasteiger partial charge in [0.2, 0.25) is 5.91 Å². The third-order valence-electron chi connectivity index (χ3n) is 3.65. The van der Waals surface area contributed by atoms with Crippen molar-refractivity contribution in [2.75, 3.05) is 26.8 Å². The molecule has 1 heterocycles.